The number of carbonyl (C=O) groups is 1. The molecular formula is C24H26N2O5S. The number of amides is 1. The lowest BCUT2D eigenvalue weighted by molar-refractivity contribution is 0.0785. The fraction of sp³-hybridized carbons (Fsp3) is 0.208. The molecule has 0 aromatic heterocycles. The molecule has 0 saturated heterocycles. The average Bonchev–Trinajstić information content (AvgIpc) is 2.80. The van der Waals surface area contributed by atoms with Crippen molar-refractivity contribution in [2.45, 2.75) is 18.4 Å². The van der Waals surface area contributed by atoms with Crippen molar-refractivity contribution in [3.8, 4) is 11.5 Å². The summed E-state index contributed by atoms with van der Waals surface area (Å²) in [5.41, 5.74) is 2.32. The monoisotopic (exact) mass is 454 g/mol. The van der Waals surface area contributed by atoms with Crippen LogP contribution in [0.25, 0.3) is 0 Å². The Labute approximate surface area is 188 Å². The normalized spacial score (nSPS) is 11.0. The molecule has 0 aliphatic carbocycles. The maximum absolute atomic E-state index is 13.0. The Kier molecular flexibility index (Phi) is 7.05. The minimum absolute atomic E-state index is 0.154. The first-order valence-electron chi connectivity index (χ1n) is 9.90. The van der Waals surface area contributed by atoms with Crippen LogP contribution in [0.3, 0.4) is 0 Å². The molecule has 0 unspecified atom stereocenters. The smallest absolute Gasteiger partial charge is 0.261 e. The van der Waals surface area contributed by atoms with Gasteiger partial charge in [0.25, 0.3) is 15.9 Å². The number of methoxy groups -OCH3 is 2. The molecule has 3 rings (SSSR count). The van der Waals surface area contributed by atoms with Gasteiger partial charge in [0.15, 0.2) is 11.5 Å². The van der Waals surface area contributed by atoms with E-state index in [4.69, 9.17) is 9.47 Å². The minimum atomic E-state index is -3.76. The van der Waals surface area contributed by atoms with Gasteiger partial charge in [0.05, 0.1) is 24.8 Å². The number of hydrogen-bond donors (Lipinski definition) is 1. The van der Waals surface area contributed by atoms with E-state index in [-0.39, 0.29) is 10.8 Å². The highest BCUT2D eigenvalue weighted by atomic mass is 32.2. The second kappa shape index (κ2) is 9.74. The Balaban J connectivity index is 1.80. The van der Waals surface area contributed by atoms with Crippen LogP contribution in [0.1, 0.15) is 21.5 Å². The third-order valence-corrected chi connectivity index (χ3v) is 6.38. The van der Waals surface area contributed by atoms with Crippen LogP contribution in [0.4, 0.5) is 5.69 Å². The maximum Gasteiger partial charge on any atom is 0.261 e. The number of carbonyl (C=O) groups excluding carboxylic acids is 1. The second-order valence-electron chi connectivity index (χ2n) is 7.30. The molecule has 1 amide bonds. The summed E-state index contributed by atoms with van der Waals surface area (Å²) in [4.78, 5) is 14.7. The standard InChI is InChI=1S/C24H26N2O5S/c1-17-10-12-19(15-21(17)25-32(28,29)20-8-6-5-7-9-20)24(27)26(2)16-18-11-13-22(30-3)23(14-18)31-4/h5-15,25H,16H2,1-4H3. The number of sulfonamides is 1. The van der Waals surface area contributed by atoms with Crippen molar-refractivity contribution in [1.29, 1.82) is 0 Å². The highest BCUT2D eigenvalue weighted by Gasteiger charge is 2.18. The number of nitrogens with zero attached hydrogens (tertiary/aromatic N) is 1. The molecule has 0 heterocycles. The summed E-state index contributed by atoms with van der Waals surface area (Å²) in [5.74, 6) is 0.956. The number of nitrogens with one attached hydrogen (secondary N) is 1. The van der Waals surface area contributed by atoms with Crippen LogP contribution in [0.2, 0.25) is 0 Å². The Morgan fingerprint density at radius 2 is 1.62 bits per heavy atom. The number of aryl methyl sites for hydroxylation is 1. The Morgan fingerprint density at radius 3 is 2.28 bits per heavy atom. The van der Waals surface area contributed by atoms with Crippen molar-refractivity contribution in [3.05, 3.63) is 83.4 Å². The fourth-order valence-electron chi connectivity index (χ4n) is 3.21. The lowest BCUT2D eigenvalue weighted by Gasteiger charge is -2.19. The molecule has 1 N–H and O–H groups in total. The van der Waals surface area contributed by atoms with Crippen molar-refractivity contribution in [2.24, 2.45) is 0 Å². The van der Waals surface area contributed by atoms with Gasteiger partial charge in [0, 0.05) is 19.2 Å². The van der Waals surface area contributed by atoms with Crippen molar-refractivity contribution >= 4 is 21.6 Å². The fourth-order valence-corrected chi connectivity index (χ4v) is 4.36. The molecule has 168 valence electrons. The minimum Gasteiger partial charge on any atom is -0.493 e. The summed E-state index contributed by atoms with van der Waals surface area (Å²) in [6.45, 7) is 2.13. The molecule has 32 heavy (non-hydrogen) atoms. The van der Waals surface area contributed by atoms with Gasteiger partial charge in [-0.05, 0) is 54.4 Å². The van der Waals surface area contributed by atoms with E-state index in [0.29, 0.717) is 34.9 Å². The quantitative estimate of drug-likeness (QED) is 0.554. The highest BCUT2D eigenvalue weighted by Crippen LogP contribution is 2.28. The van der Waals surface area contributed by atoms with E-state index in [1.54, 1.807) is 75.6 Å². The average molecular weight is 455 g/mol. The number of ether oxygens (including phenoxy) is 2. The molecule has 0 radical (unpaired) electrons. The van der Waals surface area contributed by atoms with Crippen molar-refractivity contribution in [2.75, 3.05) is 26.0 Å². The zero-order valence-corrected chi connectivity index (χ0v) is 19.3. The molecule has 0 saturated carbocycles. The zero-order valence-electron chi connectivity index (χ0n) is 18.5. The van der Waals surface area contributed by atoms with Gasteiger partial charge < -0.3 is 14.4 Å². The van der Waals surface area contributed by atoms with E-state index in [1.807, 2.05) is 12.1 Å². The van der Waals surface area contributed by atoms with Crippen molar-refractivity contribution in [3.63, 3.8) is 0 Å². The number of benzene rings is 3. The van der Waals surface area contributed by atoms with Crippen LogP contribution in [0.5, 0.6) is 11.5 Å². The zero-order chi connectivity index (χ0) is 23.3. The Hall–Kier alpha value is -3.52. The van der Waals surface area contributed by atoms with E-state index < -0.39 is 10.0 Å². The molecule has 0 aliphatic rings. The van der Waals surface area contributed by atoms with Crippen LogP contribution in [-0.4, -0.2) is 40.5 Å². The van der Waals surface area contributed by atoms with E-state index in [2.05, 4.69) is 4.72 Å². The Morgan fingerprint density at radius 1 is 0.938 bits per heavy atom. The lowest BCUT2D eigenvalue weighted by atomic mass is 10.1. The predicted molar refractivity (Wildman–Crippen MR) is 124 cm³/mol. The molecule has 0 atom stereocenters. The van der Waals surface area contributed by atoms with Gasteiger partial charge in [-0.2, -0.15) is 0 Å². The van der Waals surface area contributed by atoms with E-state index >= 15 is 0 Å². The summed E-state index contributed by atoms with van der Waals surface area (Å²) in [5, 5.41) is 0. The molecule has 0 aliphatic heterocycles. The SMILES string of the molecule is COc1ccc(CN(C)C(=O)c2ccc(C)c(NS(=O)(=O)c3ccccc3)c2)cc1OC. The van der Waals surface area contributed by atoms with Crippen LogP contribution in [0, 0.1) is 6.92 Å². The van der Waals surface area contributed by atoms with Gasteiger partial charge in [-0.15, -0.1) is 0 Å². The third-order valence-electron chi connectivity index (χ3n) is 5.00. The number of anilines is 1. The summed E-state index contributed by atoms with van der Waals surface area (Å²) in [7, 11) is 1.05. The van der Waals surface area contributed by atoms with Crippen molar-refractivity contribution < 1.29 is 22.7 Å². The summed E-state index contributed by atoms with van der Waals surface area (Å²) in [6, 6.07) is 18.5. The van der Waals surface area contributed by atoms with Gasteiger partial charge in [-0.1, -0.05) is 30.3 Å². The first-order valence-corrected chi connectivity index (χ1v) is 11.4. The topological polar surface area (TPSA) is 84.9 Å². The first-order chi connectivity index (χ1) is 15.2. The highest BCUT2D eigenvalue weighted by molar-refractivity contribution is 7.92. The molecule has 8 heteroatoms. The van der Waals surface area contributed by atoms with Crippen LogP contribution < -0.4 is 14.2 Å². The molecule has 0 spiro atoms. The summed E-state index contributed by atoms with van der Waals surface area (Å²) in [6.07, 6.45) is 0. The second-order valence-corrected chi connectivity index (χ2v) is 8.98. The lowest BCUT2D eigenvalue weighted by Crippen LogP contribution is -2.26. The molecule has 0 bridgehead atoms. The molecule has 7 nitrogen and oxygen atoms in total. The van der Waals surface area contributed by atoms with E-state index in [0.717, 1.165) is 5.56 Å². The summed E-state index contributed by atoms with van der Waals surface area (Å²) < 4.78 is 38.5. The maximum atomic E-state index is 13.0. The van der Waals surface area contributed by atoms with E-state index in [9.17, 15) is 13.2 Å². The van der Waals surface area contributed by atoms with E-state index in [1.165, 1.54) is 12.1 Å². The van der Waals surface area contributed by atoms with Gasteiger partial charge >= 0.3 is 0 Å². The number of hydrogen-bond acceptors (Lipinski definition) is 5. The molecule has 0 fully saturated rings. The predicted octanol–water partition coefficient (Wildman–Crippen LogP) is 4.09. The van der Waals surface area contributed by atoms with Crippen LogP contribution in [0.15, 0.2) is 71.6 Å². The molecule has 3 aromatic carbocycles. The van der Waals surface area contributed by atoms with Gasteiger partial charge in [0.1, 0.15) is 0 Å². The van der Waals surface area contributed by atoms with Gasteiger partial charge in [0.2, 0.25) is 0 Å². The Bertz CT molecular complexity index is 1210. The number of rotatable bonds is 8. The first kappa shape index (κ1) is 23.1. The molecular weight excluding hydrogens is 428 g/mol. The third kappa shape index (κ3) is 5.20. The van der Waals surface area contributed by atoms with Gasteiger partial charge in [-0.3, -0.25) is 9.52 Å². The molecule has 3 aromatic rings. The van der Waals surface area contributed by atoms with Gasteiger partial charge in [-0.25, -0.2) is 8.42 Å². The van der Waals surface area contributed by atoms with Crippen LogP contribution in [-0.2, 0) is 16.6 Å². The summed E-state index contributed by atoms with van der Waals surface area (Å²) >= 11 is 0. The van der Waals surface area contributed by atoms with Crippen molar-refractivity contribution in [1.82, 2.24) is 4.90 Å². The van der Waals surface area contributed by atoms with Crippen LogP contribution >= 0.6 is 0 Å². The largest absolute Gasteiger partial charge is 0.493 e.